The SMILES string of the molecule is Cc1cccc(OCC(O)CNCCc2csc(C)n2)c1. The Hall–Kier alpha value is -1.43. The number of aliphatic hydroxyl groups excluding tert-OH is 1. The topological polar surface area (TPSA) is 54.4 Å². The number of thiazole rings is 1. The van der Waals surface area contributed by atoms with Crippen LogP contribution >= 0.6 is 11.3 Å². The van der Waals surface area contributed by atoms with Gasteiger partial charge in [-0.15, -0.1) is 11.3 Å². The molecular weight excluding hydrogens is 284 g/mol. The van der Waals surface area contributed by atoms with Crippen LogP contribution in [0.4, 0.5) is 0 Å². The number of nitrogens with zero attached hydrogens (tertiary/aromatic N) is 1. The van der Waals surface area contributed by atoms with Crippen molar-refractivity contribution in [2.24, 2.45) is 0 Å². The van der Waals surface area contributed by atoms with Gasteiger partial charge in [-0.05, 0) is 31.5 Å². The summed E-state index contributed by atoms with van der Waals surface area (Å²) in [5.41, 5.74) is 2.26. The van der Waals surface area contributed by atoms with Crippen LogP contribution in [0.3, 0.4) is 0 Å². The zero-order valence-electron chi connectivity index (χ0n) is 12.5. The summed E-state index contributed by atoms with van der Waals surface area (Å²) in [5.74, 6) is 0.798. The Kier molecular flexibility index (Phi) is 6.17. The van der Waals surface area contributed by atoms with Crippen molar-refractivity contribution in [2.75, 3.05) is 19.7 Å². The summed E-state index contributed by atoms with van der Waals surface area (Å²) in [6.07, 6.45) is 0.373. The minimum absolute atomic E-state index is 0.298. The van der Waals surface area contributed by atoms with Crippen molar-refractivity contribution in [2.45, 2.75) is 26.4 Å². The van der Waals surface area contributed by atoms with Crippen LogP contribution in [0.15, 0.2) is 29.6 Å². The Bertz CT molecular complexity index is 557. The molecule has 0 saturated carbocycles. The zero-order valence-corrected chi connectivity index (χ0v) is 13.3. The molecule has 1 aromatic heterocycles. The highest BCUT2D eigenvalue weighted by Gasteiger charge is 2.05. The van der Waals surface area contributed by atoms with E-state index < -0.39 is 6.10 Å². The summed E-state index contributed by atoms with van der Waals surface area (Å²) in [6, 6.07) is 7.83. The number of nitrogens with one attached hydrogen (secondary N) is 1. The minimum atomic E-state index is -0.511. The van der Waals surface area contributed by atoms with Crippen LogP contribution in [0.1, 0.15) is 16.3 Å². The molecule has 0 radical (unpaired) electrons. The second-order valence-corrected chi connectivity index (χ2v) is 6.16. The van der Waals surface area contributed by atoms with Crippen molar-refractivity contribution < 1.29 is 9.84 Å². The molecule has 0 bridgehead atoms. The number of aromatic nitrogens is 1. The molecule has 2 N–H and O–H groups in total. The molecule has 0 aliphatic heterocycles. The minimum Gasteiger partial charge on any atom is -0.491 e. The monoisotopic (exact) mass is 306 g/mol. The van der Waals surface area contributed by atoms with E-state index in [0.717, 1.165) is 35.0 Å². The summed E-state index contributed by atoms with van der Waals surface area (Å²) in [5, 5.41) is 16.3. The molecule has 1 heterocycles. The summed E-state index contributed by atoms with van der Waals surface area (Å²) < 4.78 is 5.57. The quantitative estimate of drug-likeness (QED) is 0.735. The lowest BCUT2D eigenvalue weighted by Gasteiger charge is -2.13. The maximum atomic E-state index is 9.88. The van der Waals surface area contributed by atoms with Crippen LogP contribution in [0.5, 0.6) is 5.75 Å². The van der Waals surface area contributed by atoms with E-state index in [9.17, 15) is 5.11 Å². The molecule has 0 aliphatic carbocycles. The van der Waals surface area contributed by atoms with E-state index in [0.29, 0.717) is 13.2 Å². The molecule has 0 saturated heterocycles. The third-order valence-electron chi connectivity index (χ3n) is 3.04. The Morgan fingerprint density at radius 1 is 1.38 bits per heavy atom. The van der Waals surface area contributed by atoms with Gasteiger partial charge < -0.3 is 15.2 Å². The highest BCUT2D eigenvalue weighted by molar-refractivity contribution is 7.09. The van der Waals surface area contributed by atoms with Gasteiger partial charge in [-0.25, -0.2) is 4.98 Å². The predicted octanol–water partition coefficient (Wildman–Crippen LogP) is 2.33. The lowest BCUT2D eigenvalue weighted by molar-refractivity contribution is 0.106. The molecule has 1 atom stereocenters. The highest BCUT2D eigenvalue weighted by Crippen LogP contribution is 2.12. The Morgan fingerprint density at radius 2 is 2.24 bits per heavy atom. The summed E-state index contributed by atoms with van der Waals surface area (Å²) in [6.45, 7) is 5.66. The van der Waals surface area contributed by atoms with Gasteiger partial charge in [0.1, 0.15) is 18.5 Å². The molecular formula is C16H22N2O2S. The summed E-state index contributed by atoms with van der Waals surface area (Å²) in [7, 11) is 0. The maximum Gasteiger partial charge on any atom is 0.119 e. The fourth-order valence-electron chi connectivity index (χ4n) is 1.96. The molecule has 1 aromatic carbocycles. The van der Waals surface area contributed by atoms with Crippen LogP contribution in [-0.4, -0.2) is 35.9 Å². The maximum absolute atomic E-state index is 9.88. The molecule has 0 amide bonds. The third-order valence-corrected chi connectivity index (χ3v) is 3.86. The number of aliphatic hydroxyl groups is 1. The summed E-state index contributed by atoms with van der Waals surface area (Å²) >= 11 is 1.67. The van der Waals surface area contributed by atoms with Gasteiger partial charge in [-0.1, -0.05) is 12.1 Å². The van der Waals surface area contributed by atoms with E-state index >= 15 is 0 Å². The molecule has 0 spiro atoms. The molecule has 0 fully saturated rings. The van der Waals surface area contributed by atoms with Gasteiger partial charge in [0.2, 0.25) is 0 Å². The standard InChI is InChI=1S/C16H22N2O2S/c1-12-4-3-5-16(8-12)20-10-15(19)9-17-7-6-14-11-21-13(2)18-14/h3-5,8,11,15,17,19H,6-7,9-10H2,1-2H3. The van der Waals surface area contributed by atoms with E-state index in [-0.39, 0.29) is 0 Å². The van der Waals surface area contributed by atoms with Crippen LogP contribution in [-0.2, 0) is 6.42 Å². The molecule has 2 rings (SSSR count). The smallest absolute Gasteiger partial charge is 0.119 e. The van der Waals surface area contributed by atoms with Gasteiger partial charge in [-0.2, -0.15) is 0 Å². The van der Waals surface area contributed by atoms with E-state index in [1.54, 1.807) is 11.3 Å². The van der Waals surface area contributed by atoms with E-state index in [1.165, 1.54) is 0 Å². The van der Waals surface area contributed by atoms with E-state index in [4.69, 9.17) is 4.74 Å². The van der Waals surface area contributed by atoms with Crippen molar-refractivity contribution in [3.63, 3.8) is 0 Å². The van der Waals surface area contributed by atoms with Crippen molar-refractivity contribution in [3.8, 4) is 5.75 Å². The zero-order chi connectivity index (χ0) is 15.1. The lowest BCUT2D eigenvalue weighted by Crippen LogP contribution is -2.32. The summed E-state index contributed by atoms with van der Waals surface area (Å²) in [4.78, 5) is 4.40. The van der Waals surface area contributed by atoms with Gasteiger partial charge in [-0.3, -0.25) is 0 Å². The fraction of sp³-hybridized carbons (Fsp3) is 0.438. The second-order valence-electron chi connectivity index (χ2n) is 5.09. The molecule has 5 heteroatoms. The largest absolute Gasteiger partial charge is 0.491 e. The van der Waals surface area contributed by atoms with E-state index in [2.05, 4.69) is 15.7 Å². The fourth-order valence-corrected chi connectivity index (χ4v) is 2.61. The van der Waals surface area contributed by atoms with E-state index in [1.807, 2.05) is 38.1 Å². The normalized spacial score (nSPS) is 12.3. The lowest BCUT2D eigenvalue weighted by atomic mass is 10.2. The van der Waals surface area contributed by atoms with Crippen molar-refractivity contribution in [1.82, 2.24) is 10.3 Å². The van der Waals surface area contributed by atoms with Gasteiger partial charge in [0, 0.05) is 24.9 Å². The number of benzene rings is 1. The average molecular weight is 306 g/mol. The van der Waals surface area contributed by atoms with Crippen LogP contribution in [0.25, 0.3) is 0 Å². The highest BCUT2D eigenvalue weighted by atomic mass is 32.1. The Morgan fingerprint density at radius 3 is 2.95 bits per heavy atom. The first kappa shape index (κ1) is 15.9. The van der Waals surface area contributed by atoms with Crippen molar-refractivity contribution >= 4 is 11.3 Å². The van der Waals surface area contributed by atoms with Crippen molar-refractivity contribution in [1.29, 1.82) is 0 Å². The van der Waals surface area contributed by atoms with Gasteiger partial charge in [0.15, 0.2) is 0 Å². The molecule has 2 aromatic rings. The van der Waals surface area contributed by atoms with Gasteiger partial charge in [0.25, 0.3) is 0 Å². The Balaban J connectivity index is 1.60. The molecule has 0 aliphatic rings. The Labute approximate surface area is 129 Å². The first-order valence-corrected chi connectivity index (χ1v) is 8.00. The first-order chi connectivity index (χ1) is 10.1. The van der Waals surface area contributed by atoms with Gasteiger partial charge >= 0.3 is 0 Å². The van der Waals surface area contributed by atoms with Crippen LogP contribution in [0.2, 0.25) is 0 Å². The predicted molar refractivity (Wildman–Crippen MR) is 86.1 cm³/mol. The third kappa shape index (κ3) is 5.83. The molecule has 114 valence electrons. The molecule has 1 unspecified atom stereocenters. The number of hydrogen-bond acceptors (Lipinski definition) is 5. The number of ether oxygens (including phenoxy) is 1. The first-order valence-electron chi connectivity index (χ1n) is 7.13. The van der Waals surface area contributed by atoms with Gasteiger partial charge in [0.05, 0.1) is 10.7 Å². The number of aryl methyl sites for hydroxylation is 2. The van der Waals surface area contributed by atoms with Crippen LogP contribution in [0, 0.1) is 13.8 Å². The second kappa shape index (κ2) is 8.12. The number of rotatable bonds is 8. The van der Waals surface area contributed by atoms with Crippen molar-refractivity contribution in [3.05, 3.63) is 45.9 Å². The molecule has 21 heavy (non-hydrogen) atoms. The average Bonchev–Trinajstić information content (AvgIpc) is 2.87. The number of hydrogen-bond donors (Lipinski definition) is 2. The van der Waals surface area contributed by atoms with Crippen LogP contribution < -0.4 is 10.1 Å². The molecule has 4 nitrogen and oxygen atoms in total.